The van der Waals surface area contributed by atoms with Gasteiger partial charge in [0.15, 0.2) is 0 Å². The summed E-state index contributed by atoms with van der Waals surface area (Å²) in [5, 5.41) is 2.92. The summed E-state index contributed by atoms with van der Waals surface area (Å²) in [5.74, 6) is 1.18. The second-order valence-electron chi connectivity index (χ2n) is 4.05. The molecule has 6 nitrogen and oxygen atoms in total. The summed E-state index contributed by atoms with van der Waals surface area (Å²) < 4.78 is 5.34. The summed E-state index contributed by atoms with van der Waals surface area (Å²) in [5.41, 5.74) is 0. The fourth-order valence-corrected chi connectivity index (χ4v) is 1.52. The highest BCUT2D eigenvalue weighted by Crippen LogP contribution is 2.14. The Balaban J connectivity index is 2.75. The van der Waals surface area contributed by atoms with Crippen LogP contribution in [-0.2, 0) is 0 Å². The molecule has 0 saturated carbocycles. The van der Waals surface area contributed by atoms with Crippen LogP contribution in [0.1, 0.15) is 33.1 Å². The van der Waals surface area contributed by atoms with Gasteiger partial charge in [0.2, 0.25) is 11.9 Å². The quantitative estimate of drug-likeness (QED) is 0.714. The molecule has 102 valence electrons. The molecule has 0 atom stereocenters. The van der Waals surface area contributed by atoms with Gasteiger partial charge in [-0.1, -0.05) is 19.8 Å². The van der Waals surface area contributed by atoms with Crippen molar-refractivity contribution in [3.05, 3.63) is 0 Å². The van der Waals surface area contributed by atoms with E-state index in [1.54, 1.807) is 7.05 Å². The van der Waals surface area contributed by atoms with Gasteiger partial charge in [-0.25, -0.2) is 0 Å². The van der Waals surface area contributed by atoms with Gasteiger partial charge in [0.25, 0.3) is 0 Å². The Morgan fingerprint density at radius 2 is 1.94 bits per heavy atom. The highest BCUT2D eigenvalue weighted by Gasteiger charge is 2.10. The van der Waals surface area contributed by atoms with Crippen molar-refractivity contribution >= 4 is 11.9 Å². The molecule has 0 radical (unpaired) electrons. The van der Waals surface area contributed by atoms with Gasteiger partial charge in [0.05, 0.1) is 6.61 Å². The van der Waals surface area contributed by atoms with Crippen LogP contribution in [0.25, 0.3) is 0 Å². The van der Waals surface area contributed by atoms with Crippen LogP contribution in [-0.4, -0.2) is 42.2 Å². The van der Waals surface area contributed by atoms with E-state index < -0.39 is 0 Å². The number of rotatable bonds is 8. The van der Waals surface area contributed by atoms with E-state index in [4.69, 9.17) is 4.74 Å². The molecule has 0 spiro atoms. The van der Waals surface area contributed by atoms with Crippen molar-refractivity contribution in [2.45, 2.75) is 33.1 Å². The predicted molar refractivity (Wildman–Crippen MR) is 73.3 cm³/mol. The Bertz CT molecular complexity index is 358. The van der Waals surface area contributed by atoms with E-state index in [2.05, 4.69) is 27.2 Å². The molecule has 0 aliphatic carbocycles. The molecule has 0 aliphatic rings. The topological polar surface area (TPSA) is 63.2 Å². The molecule has 0 aromatic carbocycles. The van der Waals surface area contributed by atoms with Crippen LogP contribution in [0, 0.1) is 0 Å². The fourth-order valence-electron chi connectivity index (χ4n) is 1.52. The molecule has 1 aromatic heterocycles. The standard InChI is InChI=1S/C12H23N5O/c1-5-7-8-9-17(4)11-14-10(13-3)15-12(16-11)18-6-2/h5-9H2,1-4H3,(H,13,14,15,16). The van der Waals surface area contributed by atoms with Crippen LogP contribution in [0.2, 0.25) is 0 Å². The van der Waals surface area contributed by atoms with Gasteiger partial charge in [-0.3, -0.25) is 0 Å². The van der Waals surface area contributed by atoms with Crippen molar-refractivity contribution in [2.75, 3.05) is 37.5 Å². The first-order valence-electron chi connectivity index (χ1n) is 6.49. The van der Waals surface area contributed by atoms with Gasteiger partial charge in [-0.15, -0.1) is 0 Å². The Hall–Kier alpha value is -1.59. The molecule has 1 aromatic rings. The summed E-state index contributed by atoms with van der Waals surface area (Å²) in [6.07, 6.45) is 3.56. The molecule has 1 heterocycles. The van der Waals surface area contributed by atoms with Crippen molar-refractivity contribution in [1.82, 2.24) is 15.0 Å². The smallest absolute Gasteiger partial charge is 0.323 e. The van der Waals surface area contributed by atoms with Crippen LogP contribution in [0.5, 0.6) is 6.01 Å². The third-order valence-corrected chi connectivity index (χ3v) is 2.54. The average Bonchev–Trinajstić information content (AvgIpc) is 2.39. The van der Waals surface area contributed by atoms with Crippen molar-refractivity contribution in [2.24, 2.45) is 0 Å². The molecule has 0 saturated heterocycles. The van der Waals surface area contributed by atoms with E-state index in [9.17, 15) is 0 Å². The number of ether oxygens (including phenoxy) is 1. The molecule has 18 heavy (non-hydrogen) atoms. The van der Waals surface area contributed by atoms with Crippen molar-refractivity contribution in [3.63, 3.8) is 0 Å². The molecule has 1 rings (SSSR count). The molecule has 0 aliphatic heterocycles. The van der Waals surface area contributed by atoms with Gasteiger partial charge in [-0.2, -0.15) is 15.0 Å². The van der Waals surface area contributed by atoms with E-state index in [-0.39, 0.29) is 0 Å². The summed E-state index contributed by atoms with van der Waals surface area (Å²) in [7, 11) is 3.77. The average molecular weight is 253 g/mol. The first kappa shape index (κ1) is 14.5. The predicted octanol–water partition coefficient (Wildman–Crippen LogP) is 1.94. The maximum absolute atomic E-state index is 5.34. The lowest BCUT2D eigenvalue weighted by molar-refractivity contribution is 0.312. The second kappa shape index (κ2) is 7.68. The van der Waals surface area contributed by atoms with Gasteiger partial charge >= 0.3 is 6.01 Å². The highest BCUT2D eigenvalue weighted by molar-refractivity contribution is 5.37. The van der Waals surface area contributed by atoms with Crippen LogP contribution in [0.15, 0.2) is 0 Å². The van der Waals surface area contributed by atoms with E-state index in [1.165, 1.54) is 12.8 Å². The summed E-state index contributed by atoms with van der Waals surface area (Å²) >= 11 is 0. The van der Waals surface area contributed by atoms with Gasteiger partial charge in [-0.05, 0) is 13.3 Å². The fraction of sp³-hybridized carbons (Fsp3) is 0.750. The third kappa shape index (κ3) is 4.35. The molecule has 0 amide bonds. The lowest BCUT2D eigenvalue weighted by Crippen LogP contribution is -2.22. The van der Waals surface area contributed by atoms with E-state index in [0.29, 0.717) is 24.5 Å². The Kier molecular flexibility index (Phi) is 6.18. The van der Waals surface area contributed by atoms with Crippen molar-refractivity contribution in [3.8, 4) is 6.01 Å². The van der Waals surface area contributed by atoms with Gasteiger partial charge in [0.1, 0.15) is 0 Å². The highest BCUT2D eigenvalue weighted by atomic mass is 16.5. The zero-order chi connectivity index (χ0) is 13.4. The Labute approximate surface area is 109 Å². The first-order chi connectivity index (χ1) is 8.71. The van der Waals surface area contributed by atoms with Gasteiger partial charge < -0.3 is 15.0 Å². The van der Waals surface area contributed by atoms with Crippen LogP contribution >= 0.6 is 0 Å². The minimum Gasteiger partial charge on any atom is -0.464 e. The second-order valence-corrected chi connectivity index (χ2v) is 4.05. The molecule has 1 N–H and O–H groups in total. The lowest BCUT2D eigenvalue weighted by atomic mass is 10.2. The zero-order valence-corrected chi connectivity index (χ0v) is 11.7. The molecule has 0 unspecified atom stereocenters. The monoisotopic (exact) mass is 253 g/mol. The maximum atomic E-state index is 5.34. The minimum atomic E-state index is 0.370. The van der Waals surface area contributed by atoms with Gasteiger partial charge in [0, 0.05) is 20.6 Å². The summed E-state index contributed by atoms with van der Waals surface area (Å²) in [6.45, 7) is 5.58. The normalized spacial score (nSPS) is 10.2. The Morgan fingerprint density at radius 3 is 2.56 bits per heavy atom. The third-order valence-electron chi connectivity index (χ3n) is 2.54. The number of nitrogens with one attached hydrogen (secondary N) is 1. The van der Waals surface area contributed by atoms with Crippen LogP contribution in [0.3, 0.4) is 0 Å². The molecule has 0 bridgehead atoms. The van der Waals surface area contributed by atoms with Crippen molar-refractivity contribution in [1.29, 1.82) is 0 Å². The molecular formula is C12H23N5O. The number of hydrogen-bond donors (Lipinski definition) is 1. The summed E-state index contributed by atoms with van der Waals surface area (Å²) in [4.78, 5) is 14.8. The number of unbranched alkanes of at least 4 members (excludes halogenated alkanes) is 2. The first-order valence-corrected chi connectivity index (χ1v) is 6.49. The molecule has 0 fully saturated rings. The lowest BCUT2D eigenvalue weighted by Gasteiger charge is -2.17. The minimum absolute atomic E-state index is 0.370. The number of nitrogens with zero attached hydrogens (tertiary/aromatic N) is 4. The Morgan fingerprint density at radius 1 is 1.17 bits per heavy atom. The van der Waals surface area contributed by atoms with E-state index in [1.807, 2.05) is 18.9 Å². The van der Waals surface area contributed by atoms with E-state index >= 15 is 0 Å². The molecule has 6 heteroatoms. The maximum Gasteiger partial charge on any atom is 0.323 e. The largest absolute Gasteiger partial charge is 0.464 e. The van der Waals surface area contributed by atoms with Crippen LogP contribution < -0.4 is 15.0 Å². The van der Waals surface area contributed by atoms with E-state index in [0.717, 1.165) is 13.0 Å². The zero-order valence-electron chi connectivity index (χ0n) is 11.7. The van der Waals surface area contributed by atoms with Crippen LogP contribution in [0.4, 0.5) is 11.9 Å². The number of hydrogen-bond acceptors (Lipinski definition) is 6. The SMILES string of the molecule is CCCCCN(C)c1nc(NC)nc(OCC)n1. The summed E-state index contributed by atoms with van der Waals surface area (Å²) in [6, 6.07) is 0.370. The molecular weight excluding hydrogens is 230 g/mol. The van der Waals surface area contributed by atoms with Crippen molar-refractivity contribution < 1.29 is 4.74 Å². The number of aromatic nitrogens is 3. The number of anilines is 2.